The molecule has 1 heterocycles. The molecule has 0 bridgehead atoms. The minimum absolute atomic E-state index is 0.238. The molecule has 1 atom stereocenters. The molecule has 1 aromatic heterocycles. The quantitative estimate of drug-likeness (QED) is 0.885. The maximum absolute atomic E-state index is 12.6. The summed E-state index contributed by atoms with van der Waals surface area (Å²) >= 11 is 0. The smallest absolute Gasteiger partial charge is 0.346 e. The number of nitrogens with one attached hydrogen (secondary N) is 2. The highest BCUT2D eigenvalue weighted by Crippen LogP contribution is 2.29. The van der Waals surface area contributed by atoms with E-state index in [2.05, 4.69) is 15.6 Å². The van der Waals surface area contributed by atoms with Gasteiger partial charge in [0.25, 0.3) is 5.91 Å². The Morgan fingerprint density at radius 2 is 1.76 bits per heavy atom. The molecule has 8 heteroatoms. The number of hydrogen-bond acceptors (Lipinski definition) is 3. The van der Waals surface area contributed by atoms with E-state index in [0.29, 0.717) is 5.56 Å². The van der Waals surface area contributed by atoms with E-state index in [9.17, 15) is 22.8 Å². The average molecular weight is 351 g/mol. The molecule has 0 unspecified atom stereocenters. The SMILES string of the molecule is CC(=O)Nc1cc(C(=O)N[C@H](C)c2ccc(C(F)(F)F)cc2)ccn1. The molecule has 0 saturated heterocycles. The third-order valence-electron chi connectivity index (χ3n) is 3.41. The number of anilines is 1. The molecule has 5 nitrogen and oxygen atoms in total. The van der Waals surface area contributed by atoms with Gasteiger partial charge in [0.05, 0.1) is 11.6 Å². The third-order valence-corrected chi connectivity index (χ3v) is 3.41. The number of amides is 2. The molecule has 25 heavy (non-hydrogen) atoms. The molecule has 132 valence electrons. The zero-order chi connectivity index (χ0) is 18.6. The van der Waals surface area contributed by atoms with Crippen LogP contribution in [0.3, 0.4) is 0 Å². The van der Waals surface area contributed by atoms with Crippen LogP contribution < -0.4 is 10.6 Å². The summed E-state index contributed by atoms with van der Waals surface area (Å²) in [5.74, 6) is -0.507. The Bertz CT molecular complexity index is 773. The molecular weight excluding hydrogens is 335 g/mol. The molecule has 1 aromatic carbocycles. The topological polar surface area (TPSA) is 71.1 Å². The van der Waals surface area contributed by atoms with E-state index in [1.54, 1.807) is 6.92 Å². The maximum atomic E-state index is 12.6. The van der Waals surface area contributed by atoms with Crippen molar-refractivity contribution in [2.75, 3.05) is 5.32 Å². The maximum Gasteiger partial charge on any atom is 0.416 e. The number of aromatic nitrogens is 1. The molecule has 2 N–H and O–H groups in total. The molecule has 2 aromatic rings. The fourth-order valence-corrected chi connectivity index (χ4v) is 2.14. The number of nitrogens with zero attached hydrogens (tertiary/aromatic N) is 1. The summed E-state index contributed by atoms with van der Waals surface area (Å²) < 4.78 is 37.7. The van der Waals surface area contributed by atoms with E-state index >= 15 is 0 Å². The van der Waals surface area contributed by atoms with Crippen molar-refractivity contribution in [1.29, 1.82) is 0 Å². The number of alkyl halides is 3. The number of hydrogen-bond donors (Lipinski definition) is 2. The normalized spacial score (nSPS) is 12.4. The molecule has 0 fully saturated rings. The van der Waals surface area contributed by atoms with Gasteiger partial charge in [0, 0.05) is 18.7 Å². The summed E-state index contributed by atoms with van der Waals surface area (Å²) in [5, 5.41) is 5.16. The van der Waals surface area contributed by atoms with E-state index in [4.69, 9.17) is 0 Å². The lowest BCUT2D eigenvalue weighted by Crippen LogP contribution is -2.27. The molecule has 0 aliphatic heterocycles. The first-order valence-corrected chi connectivity index (χ1v) is 7.38. The highest BCUT2D eigenvalue weighted by Gasteiger charge is 2.30. The van der Waals surface area contributed by atoms with Crippen LogP contribution >= 0.6 is 0 Å². The Morgan fingerprint density at radius 3 is 2.32 bits per heavy atom. The summed E-state index contributed by atoms with van der Waals surface area (Å²) in [7, 11) is 0. The van der Waals surface area contributed by atoms with Gasteiger partial charge in [0.1, 0.15) is 5.82 Å². The van der Waals surface area contributed by atoms with E-state index < -0.39 is 23.7 Å². The van der Waals surface area contributed by atoms with Gasteiger partial charge in [0.15, 0.2) is 0 Å². The fraction of sp³-hybridized carbons (Fsp3) is 0.235. The van der Waals surface area contributed by atoms with Gasteiger partial charge in [-0.15, -0.1) is 0 Å². The van der Waals surface area contributed by atoms with Gasteiger partial charge in [-0.1, -0.05) is 12.1 Å². The van der Waals surface area contributed by atoms with Crippen LogP contribution in [0.15, 0.2) is 42.6 Å². The van der Waals surface area contributed by atoms with Crippen molar-refractivity contribution < 1.29 is 22.8 Å². The predicted octanol–water partition coefficient (Wildman–Crippen LogP) is 3.55. The summed E-state index contributed by atoms with van der Waals surface area (Å²) in [6.45, 7) is 2.98. The minimum atomic E-state index is -4.40. The van der Waals surface area contributed by atoms with E-state index in [1.807, 2.05) is 0 Å². The van der Waals surface area contributed by atoms with Gasteiger partial charge in [0.2, 0.25) is 5.91 Å². The second-order valence-corrected chi connectivity index (χ2v) is 5.43. The van der Waals surface area contributed by atoms with E-state index in [0.717, 1.165) is 12.1 Å². The minimum Gasteiger partial charge on any atom is -0.346 e. The number of halogens is 3. The number of carbonyl (C=O) groups excluding carboxylic acids is 2. The number of pyridine rings is 1. The van der Waals surface area contributed by atoms with Crippen LogP contribution in [-0.4, -0.2) is 16.8 Å². The van der Waals surface area contributed by atoms with E-state index in [1.165, 1.54) is 37.4 Å². The van der Waals surface area contributed by atoms with Gasteiger partial charge in [-0.3, -0.25) is 9.59 Å². The third kappa shape index (κ3) is 5.03. The first kappa shape index (κ1) is 18.4. The fourth-order valence-electron chi connectivity index (χ4n) is 2.14. The number of carbonyl (C=O) groups is 2. The second kappa shape index (κ2) is 7.33. The summed E-state index contributed by atoms with van der Waals surface area (Å²) in [6, 6.07) is 6.98. The van der Waals surface area contributed by atoms with Crippen molar-refractivity contribution in [2.45, 2.75) is 26.1 Å². The van der Waals surface area contributed by atoms with Crippen LogP contribution in [0, 0.1) is 0 Å². The van der Waals surface area contributed by atoms with Crippen molar-refractivity contribution in [1.82, 2.24) is 10.3 Å². The Morgan fingerprint density at radius 1 is 1.12 bits per heavy atom. The van der Waals surface area contributed by atoms with Crippen molar-refractivity contribution in [3.63, 3.8) is 0 Å². The lowest BCUT2D eigenvalue weighted by molar-refractivity contribution is -0.137. The lowest BCUT2D eigenvalue weighted by Gasteiger charge is -2.16. The van der Waals surface area contributed by atoms with Crippen LogP contribution in [0.2, 0.25) is 0 Å². The molecule has 2 rings (SSSR count). The monoisotopic (exact) mass is 351 g/mol. The van der Waals surface area contributed by atoms with Crippen LogP contribution in [0.5, 0.6) is 0 Å². The molecule has 0 aliphatic rings. The molecule has 0 spiro atoms. The Labute approximate surface area is 142 Å². The van der Waals surface area contributed by atoms with Gasteiger partial charge >= 0.3 is 6.18 Å². The predicted molar refractivity (Wildman–Crippen MR) is 85.9 cm³/mol. The molecule has 2 amide bonds. The Balaban J connectivity index is 2.08. The van der Waals surface area contributed by atoms with Crippen LogP contribution in [-0.2, 0) is 11.0 Å². The van der Waals surface area contributed by atoms with Gasteiger partial charge < -0.3 is 10.6 Å². The summed E-state index contributed by atoms with van der Waals surface area (Å²) in [4.78, 5) is 27.2. The van der Waals surface area contributed by atoms with Gasteiger partial charge in [-0.2, -0.15) is 13.2 Å². The number of benzene rings is 1. The van der Waals surface area contributed by atoms with Crippen LogP contribution in [0.1, 0.15) is 41.4 Å². The van der Waals surface area contributed by atoms with Crippen molar-refractivity contribution in [3.8, 4) is 0 Å². The Hall–Kier alpha value is -2.90. The van der Waals surface area contributed by atoms with Crippen LogP contribution in [0.25, 0.3) is 0 Å². The molecular formula is C17H16F3N3O2. The largest absolute Gasteiger partial charge is 0.416 e. The standard InChI is InChI=1S/C17H16F3N3O2/c1-10(12-3-5-14(6-4-12)17(18,19)20)22-16(25)13-7-8-21-15(9-13)23-11(2)24/h3-10H,1-2H3,(H,22,25)(H,21,23,24)/t10-/m1/s1. The molecule has 0 aliphatic carbocycles. The van der Waals surface area contributed by atoms with Gasteiger partial charge in [-0.25, -0.2) is 4.98 Å². The zero-order valence-corrected chi connectivity index (χ0v) is 13.5. The lowest BCUT2D eigenvalue weighted by atomic mass is 10.1. The highest BCUT2D eigenvalue weighted by molar-refractivity contribution is 5.96. The average Bonchev–Trinajstić information content (AvgIpc) is 2.53. The van der Waals surface area contributed by atoms with Gasteiger partial charge in [-0.05, 0) is 36.8 Å². The number of rotatable bonds is 4. The first-order chi connectivity index (χ1) is 11.7. The first-order valence-electron chi connectivity index (χ1n) is 7.38. The van der Waals surface area contributed by atoms with Crippen molar-refractivity contribution in [2.24, 2.45) is 0 Å². The molecule has 0 saturated carbocycles. The Kier molecular flexibility index (Phi) is 5.41. The van der Waals surface area contributed by atoms with Crippen LogP contribution in [0.4, 0.5) is 19.0 Å². The van der Waals surface area contributed by atoms with Crippen molar-refractivity contribution >= 4 is 17.6 Å². The summed E-state index contributed by atoms with van der Waals surface area (Å²) in [6.07, 6.45) is -3.02. The second-order valence-electron chi connectivity index (χ2n) is 5.43. The molecule has 0 radical (unpaired) electrons. The van der Waals surface area contributed by atoms with E-state index in [-0.39, 0.29) is 17.3 Å². The zero-order valence-electron chi connectivity index (χ0n) is 13.5. The van der Waals surface area contributed by atoms with Crippen molar-refractivity contribution in [3.05, 3.63) is 59.3 Å². The summed E-state index contributed by atoms with van der Waals surface area (Å²) in [5.41, 5.74) is 0.0684. The highest BCUT2D eigenvalue weighted by atomic mass is 19.4.